The number of benzene rings is 10. The molecule has 0 N–H and O–H groups in total. The maximum absolute atomic E-state index is 6.46. The van der Waals surface area contributed by atoms with Crippen molar-refractivity contribution in [2.75, 3.05) is 0 Å². The monoisotopic (exact) mass is 712 g/mol. The summed E-state index contributed by atoms with van der Waals surface area (Å²) in [7, 11) is 0. The Balaban J connectivity index is 0.918. The van der Waals surface area contributed by atoms with Crippen molar-refractivity contribution >= 4 is 76.2 Å². The zero-order chi connectivity index (χ0) is 36.7. The topological polar surface area (TPSA) is 26.3 Å². The highest BCUT2D eigenvalue weighted by molar-refractivity contribution is 6.25. The van der Waals surface area contributed by atoms with Gasteiger partial charge in [-0.15, -0.1) is 0 Å². The SMILES string of the molecule is c1ccc(-c2ccc3oc4cc5c(cc4c3c2)oc2ccc(-c3cccc(-c4cccc(-c6ccc7c8ccccc8c8ccccc8c7c6)c4)c3)cc25)cc1. The lowest BCUT2D eigenvalue weighted by Gasteiger charge is -2.13. The van der Waals surface area contributed by atoms with E-state index in [2.05, 4.69) is 188 Å². The lowest BCUT2D eigenvalue weighted by molar-refractivity contribution is 0.664. The van der Waals surface area contributed by atoms with Crippen LogP contribution in [0.15, 0.2) is 203 Å². The average Bonchev–Trinajstić information content (AvgIpc) is 3.82. The normalized spacial score (nSPS) is 11.9. The molecule has 12 rings (SSSR count). The van der Waals surface area contributed by atoms with Gasteiger partial charge in [-0.2, -0.15) is 0 Å². The minimum Gasteiger partial charge on any atom is -0.456 e. The zero-order valence-electron chi connectivity index (χ0n) is 30.3. The van der Waals surface area contributed by atoms with Crippen LogP contribution in [0, 0.1) is 0 Å². The molecule has 0 amide bonds. The quantitative estimate of drug-likeness (QED) is 0.170. The fourth-order valence-electron chi connectivity index (χ4n) is 8.88. The fraction of sp³-hybridized carbons (Fsp3) is 0. The van der Waals surface area contributed by atoms with Crippen molar-refractivity contribution in [2.24, 2.45) is 0 Å². The van der Waals surface area contributed by atoms with Gasteiger partial charge in [0.2, 0.25) is 0 Å². The molecular formula is C54H32O2. The van der Waals surface area contributed by atoms with Crippen molar-refractivity contribution < 1.29 is 8.83 Å². The van der Waals surface area contributed by atoms with Crippen LogP contribution >= 0.6 is 0 Å². The van der Waals surface area contributed by atoms with Crippen LogP contribution in [0.5, 0.6) is 0 Å². The van der Waals surface area contributed by atoms with Gasteiger partial charge in [0.05, 0.1) is 0 Å². The minimum absolute atomic E-state index is 0.859. The van der Waals surface area contributed by atoms with E-state index in [0.29, 0.717) is 0 Å². The maximum Gasteiger partial charge on any atom is 0.136 e. The van der Waals surface area contributed by atoms with Gasteiger partial charge in [-0.25, -0.2) is 0 Å². The highest BCUT2D eigenvalue weighted by atomic mass is 16.3. The Morgan fingerprint density at radius 3 is 1.02 bits per heavy atom. The second kappa shape index (κ2) is 12.0. The van der Waals surface area contributed by atoms with E-state index in [9.17, 15) is 0 Å². The molecule has 0 unspecified atom stereocenters. The third kappa shape index (κ3) is 4.83. The van der Waals surface area contributed by atoms with Crippen LogP contribution in [0.1, 0.15) is 0 Å². The van der Waals surface area contributed by atoms with Gasteiger partial charge >= 0.3 is 0 Å². The minimum atomic E-state index is 0.859. The van der Waals surface area contributed by atoms with Crippen molar-refractivity contribution in [3.8, 4) is 44.5 Å². The van der Waals surface area contributed by atoms with E-state index < -0.39 is 0 Å². The Hall–Kier alpha value is -7.42. The van der Waals surface area contributed by atoms with E-state index in [1.54, 1.807) is 0 Å². The van der Waals surface area contributed by atoms with Crippen LogP contribution in [-0.2, 0) is 0 Å². The van der Waals surface area contributed by atoms with Crippen LogP contribution in [0.4, 0.5) is 0 Å². The lowest BCUT2D eigenvalue weighted by Crippen LogP contribution is -1.86. The first-order chi connectivity index (χ1) is 27.7. The highest BCUT2D eigenvalue weighted by Gasteiger charge is 2.16. The summed E-state index contributed by atoms with van der Waals surface area (Å²) in [5, 5.41) is 12.0. The fourth-order valence-corrected chi connectivity index (χ4v) is 8.88. The number of hydrogen-bond acceptors (Lipinski definition) is 2. The first-order valence-electron chi connectivity index (χ1n) is 19.1. The van der Waals surface area contributed by atoms with E-state index in [-0.39, 0.29) is 0 Å². The molecule has 0 aliphatic heterocycles. The second-order valence-electron chi connectivity index (χ2n) is 14.8. The van der Waals surface area contributed by atoms with Crippen LogP contribution < -0.4 is 0 Å². The van der Waals surface area contributed by atoms with Gasteiger partial charge in [0.25, 0.3) is 0 Å². The zero-order valence-corrected chi connectivity index (χ0v) is 30.3. The molecule has 10 aromatic carbocycles. The van der Waals surface area contributed by atoms with Gasteiger partial charge in [-0.3, -0.25) is 0 Å². The van der Waals surface area contributed by atoms with Gasteiger partial charge in [0.15, 0.2) is 0 Å². The van der Waals surface area contributed by atoms with E-state index in [0.717, 1.165) is 55.0 Å². The maximum atomic E-state index is 6.46. The van der Waals surface area contributed by atoms with Gasteiger partial charge in [0, 0.05) is 21.5 Å². The van der Waals surface area contributed by atoms with E-state index in [1.807, 2.05) is 6.07 Å². The first-order valence-corrected chi connectivity index (χ1v) is 19.1. The Morgan fingerprint density at radius 1 is 0.179 bits per heavy atom. The molecule has 0 atom stereocenters. The van der Waals surface area contributed by atoms with Crippen molar-refractivity contribution in [1.29, 1.82) is 0 Å². The molecule has 56 heavy (non-hydrogen) atoms. The van der Waals surface area contributed by atoms with Crippen LogP contribution in [-0.4, -0.2) is 0 Å². The van der Waals surface area contributed by atoms with Crippen molar-refractivity contribution in [3.63, 3.8) is 0 Å². The molecule has 2 heteroatoms. The number of fused-ring (bicyclic) bond motifs is 12. The summed E-state index contributed by atoms with van der Waals surface area (Å²) in [4.78, 5) is 0. The summed E-state index contributed by atoms with van der Waals surface area (Å²) in [6, 6.07) is 69.9. The Labute approximate surface area is 322 Å². The summed E-state index contributed by atoms with van der Waals surface area (Å²) in [5.41, 5.74) is 12.9. The smallest absolute Gasteiger partial charge is 0.136 e. The number of rotatable bonds is 4. The van der Waals surface area contributed by atoms with Crippen LogP contribution in [0.25, 0.3) is 121 Å². The molecule has 0 bridgehead atoms. The Kier molecular flexibility index (Phi) is 6.66. The first kappa shape index (κ1) is 31.0. The van der Waals surface area contributed by atoms with Crippen molar-refractivity contribution in [1.82, 2.24) is 0 Å². The Bertz CT molecular complexity index is 3490. The molecule has 2 aromatic heterocycles. The summed E-state index contributed by atoms with van der Waals surface area (Å²) >= 11 is 0. The third-order valence-electron chi connectivity index (χ3n) is 11.6. The van der Waals surface area contributed by atoms with E-state index in [1.165, 1.54) is 65.7 Å². The molecule has 2 heterocycles. The largest absolute Gasteiger partial charge is 0.456 e. The lowest BCUT2D eigenvalue weighted by atomic mass is 9.91. The average molecular weight is 713 g/mol. The van der Waals surface area contributed by atoms with E-state index in [4.69, 9.17) is 8.83 Å². The summed E-state index contributed by atoms with van der Waals surface area (Å²) in [6.45, 7) is 0. The van der Waals surface area contributed by atoms with E-state index >= 15 is 0 Å². The third-order valence-corrected chi connectivity index (χ3v) is 11.6. The number of hydrogen-bond donors (Lipinski definition) is 0. The molecule has 0 aliphatic carbocycles. The molecule has 0 spiro atoms. The Morgan fingerprint density at radius 2 is 0.518 bits per heavy atom. The van der Waals surface area contributed by atoms with Crippen molar-refractivity contribution in [2.45, 2.75) is 0 Å². The predicted octanol–water partition coefficient (Wildman–Crippen LogP) is 15.6. The van der Waals surface area contributed by atoms with Gasteiger partial charge < -0.3 is 8.83 Å². The van der Waals surface area contributed by atoms with Crippen LogP contribution in [0.3, 0.4) is 0 Å². The number of furan rings is 2. The summed E-state index contributed by atoms with van der Waals surface area (Å²) < 4.78 is 12.9. The van der Waals surface area contributed by atoms with Crippen LogP contribution in [0.2, 0.25) is 0 Å². The van der Waals surface area contributed by atoms with Gasteiger partial charge in [0.1, 0.15) is 22.3 Å². The highest BCUT2D eigenvalue weighted by Crippen LogP contribution is 2.41. The molecule has 260 valence electrons. The summed E-state index contributed by atoms with van der Waals surface area (Å²) in [6.07, 6.45) is 0. The molecule has 0 fully saturated rings. The molecule has 0 saturated carbocycles. The van der Waals surface area contributed by atoms with Gasteiger partial charge in [-0.1, -0.05) is 140 Å². The predicted molar refractivity (Wildman–Crippen MR) is 235 cm³/mol. The molecule has 0 radical (unpaired) electrons. The molecule has 2 nitrogen and oxygen atoms in total. The molecule has 12 aromatic rings. The second-order valence-corrected chi connectivity index (χ2v) is 14.8. The van der Waals surface area contributed by atoms with Crippen molar-refractivity contribution in [3.05, 3.63) is 194 Å². The van der Waals surface area contributed by atoms with Gasteiger partial charge in [-0.05, 0) is 131 Å². The standard InChI is InChI=1S/C54H32O2/c1-2-10-33(11-3-1)38-21-24-51-47(29-38)49-31-54-50(32-53(49)55-51)48-30-40(22-25-52(48)56-54)37-15-9-13-35(27-37)34-12-8-14-36(26-34)39-20-23-45-43-18-5-4-16-41(43)42-17-6-7-19-44(42)46(45)28-39/h1-32H. The molecule has 0 saturated heterocycles. The summed E-state index contributed by atoms with van der Waals surface area (Å²) in [5.74, 6) is 0. The molecule has 0 aliphatic rings. The molecular weight excluding hydrogens is 681 g/mol.